The zero-order valence-corrected chi connectivity index (χ0v) is 14.5. The molecule has 2 aromatic rings. The highest BCUT2D eigenvalue weighted by atomic mass is 35.5. The Kier molecular flexibility index (Phi) is 5.71. The van der Waals surface area contributed by atoms with Gasteiger partial charge in [0, 0.05) is 17.8 Å². The summed E-state index contributed by atoms with van der Waals surface area (Å²) < 4.78 is 26.7. The van der Waals surface area contributed by atoms with Crippen molar-refractivity contribution in [2.24, 2.45) is 0 Å². The second-order valence-electron chi connectivity index (χ2n) is 4.90. The summed E-state index contributed by atoms with van der Waals surface area (Å²) in [5.41, 5.74) is 0.905. The fourth-order valence-corrected chi connectivity index (χ4v) is 3.42. The van der Waals surface area contributed by atoms with Crippen LogP contribution in [-0.4, -0.2) is 25.9 Å². The Labute approximate surface area is 145 Å². The van der Waals surface area contributed by atoms with Gasteiger partial charge >= 0.3 is 0 Å². The van der Waals surface area contributed by atoms with Gasteiger partial charge in [0.2, 0.25) is 10.0 Å². The number of rotatable bonds is 6. The molecule has 0 aliphatic heterocycles. The summed E-state index contributed by atoms with van der Waals surface area (Å²) in [4.78, 5) is 16.3. The normalized spacial score (nSPS) is 11.1. The number of nitrogens with one attached hydrogen (secondary N) is 2. The van der Waals surface area contributed by atoms with E-state index in [4.69, 9.17) is 11.6 Å². The van der Waals surface area contributed by atoms with Crippen LogP contribution >= 0.6 is 11.6 Å². The van der Waals surface area contributed by atoms with Crippen molar-refractivity contribution in [3.63, 3.8) is 0 Å². The molecule has 1 aromatic carbocycles. The fourth-order valence-electron chi connectivity index (χ4n) is 1.90. The van der Waals surface area contributed by atoms with Crippen molar-refractivity contribution in [3.8, 4) is 0 Å². The Morgan fingerprint density at radius 2 is 2.08 bits per heavy atom. The first-order valence-corrected chi connectivity index (χ1v) is 8.85. The number of pyridine rings is 1. The Hall–Kier alpha value is -2.22. The van der Waals surface area contributed by atoms with Crippen molar-refractivity contribution < 1.29 is 13.2 Å². The Morgan fingerprint density at radius 1 is 1.33 bits per heavy atom. The Balaban J connectivity index is 2.30. The average Bonchev–Trinajstić information content (AvgIpc) is 2.53. The van der Waals surface area contributed by atoms with E-state index in [-0.39, 0.29) is 22.0 Å². The van der Waals surface area contributed by atoms with Crippen LogP contribution in [0.5, 0.6) is 0 Å². The highest BCUT2D eigenvalue weighted by Gasteiger charge is 2.19. The third kappa shape index (κ3) is 4.41. The van der Waals surface area contributed by atoms with Gasteiger partial charge in [-0.25, -0.2) is 18.1 Å². The van der Waals surface area contributed by atoms with Crippen molar-refractivity contribution in [2.75, 3.05) is 11.9 Å². The molecule has 0 aliphatic rings. The molecular weight excluding hydrogens is 350 g/mol. The zero-order chi connectivity index (χ0) is 17.7. The minimum atomic E-state index is -3.84. The maximum absolute atomic E-state index is 12.3. The monoisotopic (exact) mass is 365 g/mol. The summed E-state index contributed by atoms with van der Waals surface area (Å²) in [6.07, 6.45) is 1.41. The number of hydrogen-bond donors (Lipinski definition) is 2. The number of aryl methyl sites for hydroxylation is 1. The third-order valence-electron chi connectivity index (χ3n) is 3.03. The minimum absolute atomic E-state index is 0.0248. The van der Waals surface area contributed by atoms with Crippen LogP contribution in [0.3, 0.4) is 0 Å². The fraction of sp³-hybridized carbons (Fsp3) is 0.125. The van der Waals surface area contributed by atoms with Gasteiger partial charge < -0.3 is 5.32 Å². The average molecular weight is 366 g/mol. The molecule has 24 heavy (non-hydrogen) atoms. The molecular formula is C16H16ClN3O3S. The quantitative estimate of drug-likeness (QED) is 0.770. The van der Waals surface area contributed by atoms with E-state index in [9.17, 15) is 13.2 Å². The van der Waals surface area contributed by atoms with Gasteiger partial charge in [-0.1, -0.05) is 23.7 Å². The van der Waals surface area contributed by atoms with Crippen molar-refractivity contribution in [2.45, 2.75) is 11.8 Å². The lowest BCUT2D eigenvalue weighted by molar-refractivity contribution is 0.102. The van der Waals surface area contributed by atoms with E-state index in [0.717, 1.165) is 5.69 Å². The molecule has 0 aliphatic carbocycles. The number of nitrogens with zero attached hydrogens (tertiary/aromatic N) is 1. The number of sulfonamides is 1. The molecule has 0 atom stereocenters. The predicted molar refractivity (Wildman–Crippen MR) is 93.8 cm³/mol. The number of carbonyl (C=O) groups is 1. The van der Waals surface area contributed by atoms with Crippen molar-refractivity contribution in [1.29, 1.82) is 0 Å². The van der Waals surface area contributed by atoms with E-state index in [1.54, 1.807) is 25.1 Å². The molecule has 2 rings (SSSR count). The number of amides is 1. The van der Waals surface area contributed by atoms with Gasteiger partial charge in [-0.05, 0) is 37.3 Å². The number of anilines is 1. The molecule has 126 valence electrons. The first-order chi connectivity index (χ1) is 11.3. The molecule has 2 N–H and O–H groups in total. The van der Waals surface area contributed by atoms with E-state index in [1.807, 2.05) is 0 Å². The van der Waals surface area contributed by atoms with E-state index in [1.165, 1.54) is 24.3 Å². The van der Waals surface area contributed by atoms with Gasteiger partial charge in [-0.2, -0.15) is 0 Å². The smallest absolute Gasteiger partial charge is 0.256 e. The van der Waals surface area contributed by atoms with Crippen LogP contribution in [0.1, 0.15) is 16.1 Å². The van der Waals surface area contributed by atoms with Gasteiger partial charge in [0.15, 0.2) is 0 Å². The molecule has 0 radical (unpaired) electrons. The molecule has 0 saturated carbocycles. The summed E-state index contributed by atoms with van der Waals surface area (Å²) in [7, 11) is -3.84. The lowest BCUT2D eigenvalue weighted by atomic mass is 10.2. The van der Waals surface area contributed by atoms with E-state index < -0.39 is 15.9 Å². The van der Waals surface area contributed by atoms with Gasteiger partial charge in [0.25, 0.3) is 5.91 Å². The number of hydrogen-bond acceptors (Lipinski definition) is 4. The van der Waals surface area contributed by atoms with Gasteiger partial charge in [0.05, 0.1) is 5.02 Å². The lowest BCUT2D eigenvalue weighted by Crippen LogP contribution is -2.24. The molecule has 0 unspecified atom stereocenters. The number of halogens is 1. The van der Waals surface area contributed by atoms with Crippen LogP contribution in [-0.2, 0) is 10.0 Å². The number of benzene rings is 1. The summed E-state index contributed by atoms with van der Waals surface area (Å²) in [5.74, 6) is -0.103. The summed E-state index contributed by atoms with van der Waals surface area (Å²) >= 11 is 5.96. The van der Waals surface area contributed by atoms with E-state index >= 15 is 0 Å². The number of aromatic nitrogens is 1. The maximum Gasteiger partial charge on any atom is 0.256 e. The standard InChI is InChI=1S/C16H16ClN3O3S/c1-3-9-18-24(22,23)14-10-12(7-8-13(14)17)16(21)20-15-6-4-5-11(2)19-15/h3-8,10,18H,1,9H2,2H3,(H,19,20,21). The molecule has 1 amide bonds. The minimum Gasteiger partial charge on any atom is -0.307 e. The molecule has 0 bridgehead atoms. The number of carbonyl (C=O) groups excluding carboxylic acids is 1. The van der Waals surface area contributed by atoms with Crippen LogP contribution in [0.2, 0.25) is 5.02 Å². The summed E-state index contributed by atoms with van der Waals surface area (Å²) in [5, 5.41) is 2.64. The zero-order valence-electron chi connectivity index (χ0n) is 12.9. The van der Waals surface area contributed by atoms with Crippen molar-refractivity contribution >= 4 is 33.3 Å². The SMILES string of the molecule is C=CCNS(=O)(=O)c1cc(C(=O)Nc2cccc(C)n2)ccc1Cl. The van der Waals surface area contributed by atoms with Crippen LogP contribution in [0, 0.1) is 6.92 Å². The molecule has 0 saturated heterocycles. The Morgan fingerprint density at radius 3 is 2.75 bits per heavy atom. The second kappa shape index (κ2) is 7.57. The van der Waals surface area contributed by atoms with Gasteiger partial charge in [-0.3, -0.25) is 4.79 Å². The van der Waals surface area contributed by atoms with E-state index in [2.05, 4.69) is 21.6 Å². The van der Waals surface area contributed by atoms with Crippen molar-refractivity contribution in [1.82, 2.24) is 9.71 Å². The molecule has 8 heteroatoms. The molecule has 0 spiro atoms. The summed E-state index contributed by atoms with van der Waals surface area (Å²) in [6.45, 7) is 5.31. The van der Waals surface area contributed by atoms with Crippen LogP contribution < -0.4 is 10.0 Å². The van der Waals surface area contributed by atoms with Gasteiger partial charge in [0.1, 0.15) is 10.7 Å². The van der Waals surface area contributed by atoms with Crippen molar-refractivity contribution in [3.05, 3.63) is 65.3 Å². The lowest BCUT2D eigenvalue weighted by Gasteiger charge is -2.10. The molecule has 1 heterocycles. The third-order valence-corrected chi connectivity index (χ3v) is 4.94. The highest BCUT2D eigenvalue weighted by Crippen LogP contribution is 2.23. The molecule has 0 fully saturated rings. The highest BCUT2D eigenvalue weighted by molar-refractivity contribution is 7.89. The Bertz CT molecular complexity index is 882. The summed E-state index contributed by atoms with van der Waals surface area (Å²) in [6, 6.07) is 9.23. The molecule has 1 aromatic heterocycles. The largest absolute Gasteiger partial charge is 0.307 e. The van der Waals surface area contributed by atoms with Crippen LogP contribution in [0.15, 0.2) is 53.9 Å². The van der Waals surface area contributed by atoms with Crippen LogP contribution in [0.25, 0.3) is 0 Å². The first-order valence-electron chi connectivity index (χ1n) is 6.98. The predicted octanol–water partition coefficient (Wildman–Crippen LogP) is 2.76. The van der Waals surface area contributed by atoms with Gasteiger partial charge in [-0.15, -0.1) is 6.58 Å². The maximum atomic E-state index is 12.3. The first kappa shape index (κ1) is 18.1. The molecule has 6 nitrogen and oxygen atoms in total. The van der Waals surface area contributed by atoms with E-state index in [0.29, 0.717) is 5.82 Å². The second-order valence-corrected chi connectivity index (χ2v) is 7.05. The van der Waals surface area contributed by atoms with Crippen LogP contribution in [0.4, 0.5) is 5.82 Å². The topological polar surface area (TPSA) is 88.2 Å².